The highest BCUT2D eigenvalue weighted by atomic mass is 16.5. The lowest BCUT2D eigenvalue weighted by Gasteiger charge is -2.48. The summed E-state index contributed by atoms with van der Waals surface area (Å²) in [6.07, 6.45) is 3.94. The van der Waals surface area contributed by atoms with Gasteiger partial charge in [-0.1, -0.05) is 13.8 Å². The molecule has 1 aliphatic heterocycles. The molecule has 2 aliphatic rings. The third-order valence-corrected chi connectivity index (χ3v) is 4.80. The summed E-state index contributed by atoms with van der Waals surface area (Å²) in [5, 5.41) is 9.38. The van der Waals surface area contributed by atoms with Crippen molar-refractivity contribution in [2.45, 2.75) is 64.7 Å². The molecular formula is C15H29NO2. The number of hydrogen-bond acceptors (Lipinski definition) is 3. The predicted molar refractivity (Wildman–Crippen MR) is 73.6 cm³/mol. The van der Waals surface area contributed by atoms with Crippen LogP contribution in [0.1, 0.15) is 47.0 Å². The van der Waals surface area contributed by atoms with Crippen molar-refractivity contribution in [3.8, 4) is 0 Å². The zero-order valence-corrected chi connectivity index (χ0v) is 12.4. The second-order valence-corrected chi connectivity index (χ2v) is 7.03. The van der Waals surface area contributed by atoms with Gasteiger partial charge in [0, 0.05) is 19.1 Å². The van der Waals surface area contributed by atoms with E-state index >= 15 is 0 Å². The van der Waals surface area contributed by atoms with E-state index in [4.69, 9.17) is 4.74 Å². The van der Waals surface area contributed by atoms with Gasteiger partial charge in [-0.15, -0.1) is 0 Å². The lowest BCUT2D eigenvalue weighted by Crippen LogP contribution is -2.57. The van der Waals surface area contributed by atoms with Crippen molar-refractivity contribution in [3.63, 3.8) is 0 Å². The topological polar surface area (TPSA) is 32.7 Å². The largest absolute Gasteiger partial charge is 0.394 e. The van der Waals surface area contributed by atoms with Crippen LogP contribution in [0, 0.1) is 11.8 Å². The van der Waals surface area contributed by atoms with Crippen molar-refractivity contribution in [1.82, 2.24) is 4.90 Å². The molecule has 1 N–H and O–H groups in total. The van der Waals surface area contributed by atoms with Crippen molar-refractivity contribution < 1.29 is 9.84 Å². The first-order chi connectivity index (χ1) is 8.41. The van der Waals surface area contributed by atoms with Crippen LogP contribution in [0.3, 0.4) is 0 Å². The Bertz CT molecular complexity index is 280. The molecule has 0 spiro atoms. The van der Waals surface area contributed by atoms with Gasteiger partial charge in [-0.2, -0.15) is 0 Å². The molecular weight excluding hydrogens is 226 g/mol. The third-order valence-electron chi connectivity index (χ3n) is 4.80. The van der Waals surface area contributed by atoms with Gasteiger partial charge in [-0.3, -0.25) is 4.90 Å². The van der Waals surface area contributed by atoms with Gasteiger partial charge in [0.15, 0.2) is 0 Å². The van der Waals surface area contributed by atoms with Crippen molar-refractivity contribution in [2.24, 2.45) is 11.8 Å². The van der Waals surface area contributed by atoms with Gasteiger partial charge in [-0.25, -0.2) is 0 Å². The second-order valence-electron chi connectivity index (χ2n) is 7.03. The molecule has 0 bridgehead atoms. The summed E-state index contributed by atoms with van der Waals surface area (Å²) in [6.45, 7) is 11.1. The zero-order valence-electron chi connectivity index (χ0n) is 12.4. The Hall–Kier alpha value is -0.120. The first kappa shape index (κ1) is 14.3. The molecule has 1 saturated heterocycles. The average molecular weight is 255 g/mol. The molecule has 1 aliphatic carbocycles. The second kappa shape index (κ2) is 5.48. The summed E-state index contributed by atoms with van der Waals surface area (Å²) in [5.74, 6) is 1.69. The maximum Gasteiger partial charge on any atom is 0.0940 e. The summed E-state index contributed by atoms with van der Waals surface area (Å²) in [4.78, 5) is 2.56. The van der Waals surface area contributed by atoms with Crippen LogP contribution in [-0.2, 0) is 4.74 Å². The lowest BCUT2D eigenvalue weighted by atomic mass is 9.78. The first-order valence-electron chi connectivity index (χ1n) is 7.44. The van der Waals surface area contributed by atoms with Gasteiger partial charge in [0.05, 0.1) is 18.3 Å². The number of rotatable bonds is 2. The van der Waals surface area contributed by atoms with Crippen LogP contribution in [0.2, 0.25) is 0 Å². The van der Waals surface area contributed by atoms with Gasteiger partial charge in [0.1, 0.15) is 0 Å². The molecule has 1 heterocycles. The van der Waals surface area contributed by atoms with Crippen molar-refractivity contribution in [3.05, 3.63) is 0 Å². The molecule has 0 aromatic heterocycles. The summed E-state index contributed by atoms with van der Waals surface area (Å²) < 4.78 is 5.90. The van der Waals surface area contributed by atoms with Crippen LogP contribution >= 0.6 is 0 Å². The van der Waals surface area contributed by atoms with Gasteiger partial charge >= 0.3 is 0 Å². The molecule has 0 aromatic carbocycles. The molecule has 106 valence electrons. The Morgan fingerprint density at radius 2 is 1.94 bits per heavy atom. The molecule has 3 nitrogen and oxygen atoms in total. The molecule has 4 atom stereocenters. The molecule has 4 unspecified atom stereocenters. The van der Waals surface area contributed by atoms with E-state index in [2.05, 4.69) is 32.6 Å². The van der Waals surface area contributed by atoms with Crippen molar-refractivity contribution in [1.29, 1.82) is 0 Å². The number of aliphatic hydroxyl groups is 1. The van der Waals surface area contributed by atoms with Crippen LogP contribution in [0.15, 0.2) is 0 Å². The van der Waals surface area contributed by atoms with E-state index in [9.17, 15) is 5.11 Å². The van der Waals surface area contributed by atoms with E-state index in [1.165, 1.54) is 19.3 Å². The standard InChI is InChI=1S/C15H29NO2/c1-11-5-6-13(7-12(11)2)16-8-14(9-17)18-15(3,4)10-16/h11-14,17H,5-10H2,1-4H3. The number of nitrogens with zero attached hydrogens (tertiary/aromatic N) is 1. The van der Waals surface area contributed by atoms with Crippen molar-refractivity contribution in [2.75, 3.05) is 19.7 Å². The van der Waals surface area contributed by atoms with E-state index < -0.39 is 0 Å². The minimum absolute atomic E-state index is 0.0107. The Morgan fingerprint density at radius 1 is 1.22 bits per heavy atom. The summed E-state index contributed by atoms with van der Waals surface area (Å²) in [7, 11) is 0. The number of hydrogen-bond donors (Lipinski definition) is 1. The fraction of sp³-hybridized carbons (Fsp3) is 1.00. The summed E-state index contributed by atoms with van der Waals surface area (Å²) >= 11 is 0. The fourth-order valence-corrected chi connectivity index (χ4v) is 3.56. The molecule has 3 heteroatoms. The van der Waals surface area contributed by atoms with Crippen LogP contribution in [0.5, 0.6) is 0 Å². The molecule has 0 radical (unpaired) electrons. The molecule has 0 amide bonds. The average Bonchev–Trinajstić information content (AvgIpc) is 2.30. The highest BCUT2D eigenvalue weighted by Gasteiger charge is 2.38. The smallest absolute Gasteiger partial charge is 0.0940 e. The first-order valence-corrected chi connectivity index (χ1v) is 7.44. The van der Waals surface area contributed by atoms with Gasteiger partial charge in [0.25, 0.3) is 0 Å². The zero-order chi connectivity index (χ0) is 13.3. The maximum atomic E-state index is 9.38. The fourth-order valence-electron chi connectivity index (χ4n) is 3.56. The summed E-state index contributed by atoms with van der Waals surface area (Å²) in [5.41, 5.74) is -0.127. The minimum atomic E-state index is -0.127. The number of ether oxygens (including phenoxy) is 1. The Morgan fingerprint density at radius 3 is 2.56 bits per heavy atom. The maximum absolute atomic E-state index is 9.38. The van der Waals surface area contributed by atoms with Crippen molar-refractivity contribution >= 4 is 0 Å². The number of aliphatic hydroxyl groups excluding tert-OH is 1. The van der Waals surface area contributed by atoms with Crippen LogP contribution in [-0.4, -0.2) is 47.4 Å². The van der Waals surface area contributed by atoms with Crippen LogP contribution in [0.25, 0.3) is 0 Å². The predicted octanol–water partition coefficient (Wildman–Crippen LogP) is 2.28. The third kappa shape index (κ3) is 3.25. The highest BCUT2D eigenvalue weighted by molar-refractivity contribution is 4.90. The Kier molecular flexibility index (Phi) is 4.35. The van der Waals surface area contributed by atoms with E-state index in [0.29, 0.717) is 6.04 Å². The van der Waals surface area contributed by atoms with Gasteiger partial charge < -0.3 is 9.84 Å². The van der Waals surface area contributed by atoms with Gasteiger partial charge in [0.2, 0.25) is 0 Å². The summed E-state index contributed by atoms with van der Waals surface area (Å²) in [6, 6.07) is 0.688. The lowest BCUT2D eigenvalue weighted by molar-refractivity contribution is -0.160. The van der Waals surface area contributed by atoms with E-state index in [-0.39, 0.29) is 18.3 Å². The SMILES string of the molecule is CC1CCC(N2CC(CO)OC(C)(C)C2)CC1C. The van der Waals surface area contributed by atoms with E-state index in [1.807, 2.05) is 0 Å². The van der Waals surface area contributed by atoms with E-state index in [1.54, 1.807) is 0 Å². The molecule has 18 heavy (non-hydrogen) atoms. The van der Waals surface area contributed by atoms with Crippen LogP contribution < -0.4 is 0 Å². The minimum Gasteiger partial charge on any atom is -0.394 e. The number of morpholine rings is 1. The normalized spacial score (nSPS) is 41.8. The molecule has 2 fully saturated rings. The van der Waals surface area contributed by atoms with Crippen LogP contribution in [0.4, 0.5) is 0 Å². The Balaban J connectivity index is 1.99. The molecule has 2 rings (SSSR count). The monoisotopic (exact) mass is 255 g/mol. The highest BCUT2D eigenvalue weighted by Crippen LogP contribution is 2.34. The van der Waals surface area contributed by atoms with E-state index in [0.717, 1.165) is 24.9 Å². The molecule has 1 saturated carbocycles. The Labute approximate surface area is 112 Å². The molecule has 0 aromatic rings. The van der Waals surface area contributed by atoms with Gasteiger partial charge in [-0.05, 0) is 44.9 Å². The quantitative estimate of drug-likeness (QED) is 0.821.